The molecule has 3 rings (SSSR count). The first kappa shape index (κ1) is 13.6. The highest BCUT2D eigenvalue weighted by Gasteiger charge is 2.32. The molecule has 1 aliphatic carbocycles. The Morgan fingerprint density at radius 1 is 1.35 bits per heavy atom. The maximum atomic E-state index is 12.2. The average molecular weight is 275 g/mol. The van der Waals surface area contributed by atoms with E-state index in [1.54, 1.807) is 0 Å². The van der Waals surface area contributed by atoms with Gasteiger partial charge in [0.05, 0.1) is 6.61 Å². The Morgan fingerprint density at radius 3 is 2.90 bits per heavy atom. The van der Waals surface area contributed by atoms with Crippen molar-refractivity contribution in [3.05, 3.63) is 34.9 Å². The molecule has 1 atom stereocenters. The molecule has 1 fully saturated rings. The van der Waals surface area contributed by atoms with E-state index in [2.05, 4.69) is 11.4 Å². The quantitative estimate of drug-likeness (QED) is 0.918. The zero-order chi connectivity index (χ0) is 14.2. The van der Waals surface area contributed by atoms with Gasteiger partial charge in [0.15, 0.2) is 5.79 Å². The van der Waals surface area contributed by atoms with Gasteiger partial charge in [-0.05, 0) is 56.4 Å². The van der Waals surface area contributed by atoms with E-state index < -0.39 is 5.79 Å². The van der Waals surface area contributed by atoms with Crippen LogP contribution >= 0.6 is 0 Å². The standard InChI is InChI=1S/C16H21NO3/c1-16(2)19-10-14(20-16)9-17-15(18)13-7-6-11-4-3-5-12(11)8-13/h6-8,14H,3-5,9-10H2,1-2H3,(H,17,18). The van der Waals surface area contributed by atoms with Crippen LogP contribution in [0, 0.1) is 0 Å². The van der Waals surface area contributed by atoms with E-state index in [1.165, 1.54) is 17.5 Å². The summed E-state index contributed by atoms with van der Waals surface area (Å²) in [6, 6.07) is 6.01. The summed E-state index contributed by atoms with van der Waals surface area (Å²) in [7, 11) is 0. The normalized spacial score (nSPS) is 23.6. The largest absolute Gasteiger partial charge is 0.349 e. The Kier molecular flexibility index (Phi) is 3.52. The van der Waals surface area contributed by atoms with Gasteiger partial charge < -0.3 is 14.8 Å². The van der Waals surface area contributed by atoms with Crippen LogP contribution in [0.15, 0.2) is 18.2 Å². The highest BCUT2D eigenvalue weighted by atomic mass is 16.7. The number of amides is 1. The molecule has 1 aromatic rings. The molecular formula is C16H21NO3. The molecule has 108 valence electrons. The maximum absolute atomic E-state index is 12.2. The van der Waals surface area contributed by atoms with Gasteiger partial charge in [0.25, 0.3) is 5.91 Å². The van der Waals surface area contributed by atoms with E-state index >= 15 is 0 Å². The molecule has 0 spiro atoms. The number of nitrogens with one attached hydrogen (secondary N) is 1. The smallest absolute Gasteiger partial charge is 0.251 e. The van der Waals surface area contributed by atoms with Gasteiger partial charge in [0, 0.05) is 12.1 Å². The minimum atomic E-state index is -0.539. The molecule has 4 heteroatoms. The number of carbonyl (C=O) groups excluding carboxylic acids is 1. The van der Waals surface area contributed by atoms with Gasteiger partial charge in [0.1, 0.15) is 6.10 Å². The van der Waals surface area contributed by atoms with Crippen molar-refractivity contribution in [3.8, 4) is 0 Å². The molecule has 0 radical (unpaired) electrons. The minimum Gasteiger partial charge on any atom is -0.349 e. The van der Waals surface area contributed by atoms with E-state index in [4.69, 9.17) is 9.47 Å². The molecule has 1 heterocycles. The zero-order valence-electron chi connectivity index (χ0n) is 12.1. The van der Waals surface area contributed by atoms with Crippen molar-refractivity contribution < 1.29 is 14.3 Å². The van der Waals surface area contributed by atoms with Crippen LogP contribution in [0.2, 0.25) is 0 Å². The first-order chi connectivity index (χ1) is 9.53. The summed E-state index contributed by atoms with van der Waals surface area (Å²) >= 11 is 0. The van der Waals surface area contributed by atoms with Crippen molar-refractivity contribution in [2.24, 2.45) is 0 Å². The topological polar surface area (TPSA) is 47.6 Å². The van der Waals surface area contributed by atoms with Crippen LogP contribution in [0.4, 0.5) is 0 Å². The van der Waals surface area contributed by atoms with Crippen molar-refractivity contribution in [2.75, 3.05) is 13.2 Å². The third kappa shape index (κ3) is 2.86. The van der Waals surface area contributed by atoms with Gasteiger partial charge in [-0.25, -0.2) is 0 Å². The van der Waals surface area contributed by atoms with Crippen molar-refractivity contribution in [1.82, 2.24) is 5.32 Å². The Bertz CT molecular complexity index is 524. The lowest BCUT2D eigenvalue weighted by Gasteiger charge is -2.17. The number of ether oxygens (including phenoxy) is 2. The Labute approximate surface area is 119 Å². The monoisotopic (exact) mass is 275 g/mol. The number of aryl methyl sites for hydroxylation is 2. The SMILES string of the molecule is CC1(C)OCC(CNC(=O)c2ccc3c(c2)CCC3)O1. The van der Waals surface area contributed by atoms with Crippen LogP contribution in [-0.2, 0) is 22.3 Å². The second-order valence-electron chi connectivity index (χ2n) is 6.00. The second-order valence-corrected chi connectivity index (χ2v) is 6.00. The lowest BCUT2D eigenvalue weighted by Crippen LogP contribution is -2.34. The summed E-state index contributed by atoms with van der Waals surface area (Å²) < 4.78 is 11.2. The average Bonchev–Trinajstić information content (AvgIpc) is 3.01. The van der Waals surface area contributed by atoms with Crippen LogP contribution in [0.5, 0.6) is 0 Å². The number of benzene rings is 1. The molecule has 1 aliphatic heterocycles. The van der Waals surface area contributed by atoms with Gasteiger partial charge in [-0.15, -0.1) is 0 Å². The van der Waals surface area contributed by atoms with Crippen molar-refractivity contribution in [2.45, 2.75) is 45.0 Å². The molecule has 1 unspecified atom stereocenters. The van der Waals surface area contributed by atoms with Crippen LogP contribution < -0.4 is 5.32 Å². The van der Waals surface area contributed by atoms with Crippen molar-refractivity contribution >= 4 is 5.91 Å². The predicted octanol–water partition coefficient (Wildman–Crippen LogP) is 2.06. The summed E-state index contributed by atoms with van der Waals surface area (Å²) in [4.78, 5) is 12.2. The number of rotatable bonds is 3. The van der Waals surface area contributed by atoms with E-state index in [0.29, 0.717) is 13.2 Å². The zero-order valence-corrected chi connectivity index (χ0v) is 12.1. The van der Waals surface area contributed by atoms with E-state index in [0.717, 1.165) is 18.4 Å². The fourth-order valence-corrected chi connectivity index (χ4v) is 2.89. The number of hydrogen-bond acceptors (Lipinski definition) is 3. The first-order valence-corrected chi connectivity index (χ1v) is 7.25. The summed E-state index contributed by atoms with van der Waals surface area (Å²) in [5, 5.41) is 2.93. The number of carbonyl (C=O) groups is 1. The van der Waals surface area contributed by atoms with E-state index in [-0.39, 0.29) is 12.0 Å². The molecule has 1 saturated heterocycles. The predicted molar refractivity (Wildman–Crippen MR) is 75.7 cm³/mol. The number of hydrogen-bond donors (Lipinski definition) is 1. The number of fused-ring (bicyclic) bond motifs is 1. The molecule has 1 aromatic carbocycles. The van der Waals surface area contributed by atoms with E-state index in [9.17, 15) is 4.79 Å². The summed E-state index contributed by atoms with van der Waals surface area (Å²) in [5.41, 5.74) is 3.44. The molecular weight excluding hydrogens is 254 g/mol. The second kappa shape index (κ2) is 5.19. The van der Waals surface area contributed by atoms with Crippen LogP contribution in [0.3, 0.4) is 0 Å². The van der Waals surface area contributed by atoms with Gasteiger partial charge in [0.2, 0.25) is 0 Å². The Balaban J connectivity index is 1.57. The lowest BCUT2D eigenvalue weighted by atomic mass is 10.1. The third-order valence-corrected chi connectivity index (χ3v) is 3.92. The fourth-order valence-electron chi connectivity index (χ4n) is 2.89. The molecule has 20 heavy (non-hydrogen) atoms. The first-order valence-electron chi connectivity index (χ1n) is 7.25. The highest BCUT2D eigenvalue weighted by molar-refractivity contribution is 5.94. The van der Waals surface area contributed by atoms with Gasteiger partial charge in [-0.3, -0.25) is 4.79 Å². The summed E-state index contributed by atoms with van der Waals surface area (Å²) in [5.74, 6) is -0.573. The molecule has 0 saturated carbocycles. The van der Waals surface area contributed by atoms with Crippen LogP contribution in [0.1, 0.15) is 41.8 Å². The van der Waals surface area contributed by atoms with Gasteiger partial charge in [-0.1, -0.05) is 6.07 Å². The van der Waals surface area contributed by atoms with E-state index in [1.807, 2.05) is 26.0 Å². The van der Waals surface area contributed by atoms with Crippen LogP contribution in [-0.4, -0.2) is 30.9 Å². The molecule has 2 aliphatic rings. The Morgan fingerprint density at radius 2 is 2.15 bits per heavy atom. The highest BCUT2D eigenvalue weighted by Crippen LogP contribution is 2.23. The van der Waals surface area contributed by atoms with Gasteiger partial charge >= 0.3 is 0 Å². The van der Waals surface area contributed by atoms with Crippen LogP contribution in [0.25, 0.3) is 0 Å². The summed E-state index contributed by atoms with van der Waals surface area (Å²) in [6.45, 7) is 4.78. The molecule has 0 bridgehead atoms. The third-order valence-electron chi connectivity index (χ3n) is 3.92. The van der Waals surface area contributed by atoms with Crippen molar-refractivity contribution in [3.63, 3.8) is 0 Å². The fraction of sp³-hybridized carbons (Fsp3) is 0.562. The molecule has 4 nitrogen and oxygen atoms in total. The molecule has 1 amide bonds. The minimum absolute atomic E-state index is 0.0343. The Hall–Kier alpha value is -1.39. The van der Waals surface area contributed by atoms with Crippen molar-refractivity contribution in [1.29, 1.82) is 0 Å². The van der Waals surface area contributed by atoms with Gasteiger partial charge in [-0.2, -0.15) is 0 Å². The summed E-state index contributed by atoms with van der Waals surface area (Å²) in [6.07, 6.45) is 3.36. The maximum Gasteiger partial charge on any atom is 0.251 e. The lowest BCUT2D eigenvalue weighted by molar-refractivity contribution is -0.137. The molecule has 1 N–H and O–H groups in total. The molecule has 0 aromatic heterocycles.